The summed E-state index contributed by atoms with van der Waals surface area (Å²) in [7, 11) is 0. The standard InChI is InChI=1S/C13H17NO3/c1-9(2)16-8-11(15)13-7-14-10-5-3-4-6-12(10)17-13/h3-6,9,13-14H,7-8H2,1-2H3. The second kappa shape index (κ2) is 5.19. The van der Waals surface area contributed by atoms with Gasteiger partial charge in [-0.1, -0.05) is 12.1 Å². The zero-order valence-electron chi connectivity index (χ0n) is 10.1. The van der Waals surface area contributed by atoms with Crippen molar-refractivity contribution in [3.05, 3.63) is 24.3 Å². The first-order chi connectivity index (χ1) is 8.16. The Morgan fingerprint density at radius 1 is 1.53 bits per heavy atom. The summed E-state index contributed by atoms with van der Waals surface area (Å²) in [5.74, 6) is 0.697. The number of carbonyl (C=O) groups is 1. The minimum Gasteiger partial charge on any atom is -0.479 e. The number of hydrogen-bond donors (Lipinski definition) is 1. The van der Waals surface area contributed by atoms with Crippen LogP contribution in [0.15, 0.2) is 24.3 Å². The van der Waals surface area contributed by atoms with Crippen molar-refractivity contribution >= 4 is 11.5 Å². The molecule has 1 N–H and O–H groups in total. The molecule has 17 heavy (non-hydrogen) atoms. The van der Waals surface area contributed by atoms with Crippen LogP contribution in [0.5, 0.6) is 5.75 Å². The van der Waals surface area contributed by atoms with Gasteiger partial charge >= 0.3 is 0 Å². The number of anilines is 1. The van der Waals surface area contributed by atoms with E-state index in [2.05, 4.69) is 5.32 Å². The maximum absolute atomic E-state index is 11.8. The largest absolute Gasteiger partial charge is 0.479 e. The number of ether oxygens (including phenoxy) is 2. The van der Waals surface area contributed by atoms with Crippen molar-refractivity contribution in [1.29, 1.82) is 0 Å². The Morgan fingerprint density at radius 2 is 2.29 bits per heavy atom. The van der Waals surface area contributed by atoms with Crippen molar-refractivity contribution < 1.29 is 14.3 Å². The summed E-state index contributed by atoms with van der Waals surface area (Å²) in [5.41, 5.74) is 0.932. The maximum atomic E-state index is 11.8. The predicted octanol–water partition coefficient (Wildman–Crippen LogP) is 1.85. The van der Waals surface area contributed by atoms with Crippen molar-refractivity contribution in [2.75, 3.05) is 18.5 Å². The predicted molar refractivity (Wildman–Crippen MR) is 65.4 cm³/mol. The molecule has 0 aliphatic carbocycles. The van der Waals surface area contributed by atoms with Crippen LogP contribution in [0.2, 0.25) is 0 Å². The molecule has 1 unspecified atom stereocenters. The lowest BCUT2D eigenvalue weighted by atomic mass is 10.2. The fourth-order valence-corrected chi connectivity index (χ4v) is 1.63. The van der Waals surface area contributed by atoms with Gasteiger partial charge in [-0.15, -0.1) is 0 Å². The Labute approximate surface area is 101 Å². The van der Waals surface area contributed by atoms with Crippen molar-refractivity contribution in [1.82, 2.24) is 0 Å². The molecule has 4 heteroatoms. The number of fused-ring (bicyclic) bond motifs is 1. The van der Waals surface area contributed by atoms with Crippen LogP contribution in [-0.4, -0.2) is 31.1 Å². The normalized spacial score (nSPS) is 18.2. The van der Waals surface area contributed by atoms with E-state index < -0.39 is 6.10 Å². The van der Waals surface area contributed by atoms with E-state index >= 15 is 0 Å². The SMILES string of the molecule is CC(C)OCC(=O)C1CNc2ccccc2O1. The molecule has 0 saturated heterocycles. The van der Waals surface area contributed by atoms with Crippen LogP contribution in [0, 0.1) is 0 Å². The zero-order valence-corrected chi connectivity index (χ0v) is 10.1. The fraction of sp³-hybridized carbons (Fsp3) is 0.462. The van der Waals surface area contributed by atoms with Gasteiger partial charge in [-0.05, 0) is 26.0 Å². The van der Waals surface area contributed by atoms with Crippen molar-refractivity contribution in [3.63, 3.8) is 0 Å². The molecule has 0 radical (unpaired) electrons. The van der Waals surface area contributed by atoms with E-state index in [0.717, 1.165) is 11.4 Å². The highest BCUT2D eigenvalue weighted by Crippen LogP contribution is 2.28. The molecular weight excluding hydrogens is 218 g/mol. The van der Waals surface area contributed by atoms with Gasteiger partial charge in [0.05, 0.1) is 18.3 Å². The third-order valence-corrected chi connectivity index (χ3v) is 2.55. The molecule has 0 aromatic heterocycles. The van der Waals surface area contributed by atoms with Crippen molar-refractivity contribution in [3.8, 4) is 5.75 Å². The van der Waals surface area contributed by atoms with Gasteiger partial charge in [-0.2, -0.15) is 0 Å². The number of rotatable bonds is 4. The average molecular weight is 235 g/mol. The number of carbonyl (C=O) groups excluding carboxylic acids is 1. The fourth-order valence-electron chi connectivity index (χ4n) is 1.63. The Morgan fingerprint density at radius 3 is 3.06 bits per heavy atom. The summed E-state index contributed by atoms with van der Waals surface area (Å²) in [4.78, 5) is 11.8. The van der Waals surface area contributed by atoms with Gasteiger partial charge in [0.15, 0.2) is 6.10 Å². The molecule has 0 spiro atoms. The Kier molecular flexibility index (Phi) is 3.64. The molecule has 4 nitrogen and oxygen atoms in total. The van der Waals surface area contributed by atoms with E-state index in [1.165, 1.54) is 0 Å². The zero-order chi connectivity index (χ0) is 12.3. The molecule has 1 heterocycles. The number of ketones is 1. The molecule has 1 aliphatic rings. The molecule has 2 rings (SSSR count). The van der Waals surface area contributed by atoms with Crippen LogP contribution in [0.3, 0.4) is 0 Å². The minimum absolute atomic E-state index is 0.0271. The van der Waals surface area contributed by atoms with Gasteiger partial charge in [-0.3, -0.25) is 4.79 Å². The Bertz CT molecular complexity index is 403. The van der Waals surface area contributed by atoms with Gasteiger partial charge < -0.3 is 14.8 Å². The summed E-state index contributed by atoms with van der Waals surface area (Å²) >= 11 is 0. The number of para-hydroxylation sites is 2. The second-order valence-corrected chi connectivity index (χ2v) is 4.31. The topological polar surface area (TPSA) is 47.6 Å². The molecule has 0 fully saturated rings. The van der Waals surface area contributed by atoms with Crippen LogP contribution in [0.4, 0.5) is 5.69 Å². The highest BCUT2D eigenvalue weighted by Gasteiger charge is 2.25. The van der Waals surface area contributed by atoms with Crippen LogP contribution in [-0.2, 0) is 9.53 Å². The number of hydrogen-bond acceptors (Lipinski definition) is 4. The summed E-state index contributed by atoms with van der Waals surface area (Å²) in [5, 5.41) is 3.18. The lowest BCUT2D eigenvalue weighted by Gasteiger charge is -2.26. The van der Waals surface area contributed by atoms with Gasteiger partial charge in [-0.25, -0.2) is 0 Å². The third kappa shape index (κ3) is 2.97. The van der Waals surface area contributed by atoms with Gasteiger partial charge in [0.25, 0.3) is 0 Å². The molecular formula is C13H17NO3. The maximum Gasteiger partial charge on any atom is 0.200 e. The van der Waals surface area contributed by atoms with E-state index in [0.29, 0.717) is 6.54 Å². The molecule has 0 amide bonds. The molecule has 1 atom stereocenters. The molecule has 0 saturated carbocycles. The summed E-state index contributed by atoms with van der Waals surface area (Å²) in [6.45, 7) is 4.41. The molecule has 0 bridgehead atoms. The lowest BCUT2D eigenvalue weighted by Crippen LogP contribution is -2.40. The highest BCUT2D eigenvalue weighted by atomic mass is 16.5. The van der Waals surface area contributed by atoms with Gasteiger partial charge in [0, 0.05) is 0 Å². The summed E-state index contributed by atoms with van der Waals surface area (Å²) in [6.07, 6.45) is -0.397. The van der Waals surface area contributed by atoms with Crippen LogP contribution in [0.25, 0.3) is 0 Å². The van der Waals surface area contributed by atoms with Gasteiger partial charge in [0.1, 0.15) is 12.4 Å². The first-order valence-electron chi connectivity index (χ1n) is 5.80. The molecule has 1 aromatic rings. The van der Waals surface area contributed by atoms with Crippen LogP contribution < -0.4 is 10.1 Å². The second-order valence-electron chi connectivity index (χ2n) is 4.31. The van der Waals surface area contributed by atoms with E-state index in [1.807, 2.05) is 38.1 Å². The van der Waals surface area contributed by atoms with Gasteiger partial charge in [0.2, 0.25) is 5.78 Å². The van der Waals surface area contributed by atoms with Crippen molar-refractivity contribution in [2.45, 2.75) is 26.1 Å². The average Bonchev–Trinajstić information content (AvgIpc) is 2.35. The lowest BCUT2D eigenvalue weighted by molar-refractivity contribution is -0.131. The molecule has 92 valence electrons. The van der Waals surface area contributed by atoms with Crippen molar-refractivity contribution in [2.24, 2.45) is 0 Å². The van der Waals surface area contributed by atoms with E-state index in [-0.39, 0.29) is 18.5 Å². The first-order valence-corrected chi connectivity index (χ1v) is 5.80. The van der Waals surface area contributed by atoms with E-state index in [4.69, 9.17) is 9.47 Å². The number of benzene rings is 1. The monoisotopic (exact) mass is 235 g/mol. The van der Waals surface area contributed by atoms with Crippen LogP contribution in [0.1, 0.15) is 13.8 Å². The highest BCUT2D eigenvalue weighted by molar-refractivity contribution is 5.86. The first kappa shape index (κ1) is 11.9. The molecule has 1 aliphatic heterocycles. The number of nitrogens with one attached hydrogen (secondary N) is 1. The van der Waals surface area contributed by atoms with E-state index in [9.17, 15) is 4.79 Å². The Balaban J connectivity index is 1.95. The van der Waals surface area contributed by atoms with E-state index in [1.54, 1.807) is 0 Å². The quantitative estimate of drug-likeness (QED) is 0.865. The smallest absolute Gasteiger partial charge is 0.200 e. The summed E-state index contributed by atoms with van der Waals surface area (Å²) < 4.78 is 10.9. The molecule has 1 aromatic carbocycles. The summed E-state index contributed by atoms with van der Waals surface area (Å²) in [6, 6.07) is 7.60. The van der Waals surface area contributed by atoms with Crippen LogP contribution >= 0.6 is 0 Å². The number of Topliss-reactive ketones (excluding diaryl/α,β-unsaturated/α-hetero) is 1. The minimum atomic E-state index is -0.455. The Hall–Kier alpha value is -1.55. The third-order valence-electron chi connectivity index (χ3n) is 2.55.